The Labute approximate surface area is 179 Å². The second-order valence-electron chi connectivity index (χ2n) is 7.32. The van der Waals surface area contributed by atoms with Crippen molar-refractivity contribution in [2.75, 3.05) is 39.7 Å². The molecule has 30 heavy (non-hydrogen) atoms. The van der Waals surface area contributed by atoms with Gasteiger partial charge < -0.3 is 11.5 Å². The van der Waals surface area contributed by atoms with Crippen molar-refractivity contribution < 1.29 is 0 Å². The molecule has 0 aliphatic heterocycles. The fourth-order valence-electron chi connectivity index (χ4n) is 4.19. The van der Waals surface area contributed by atoms with Crippen LogP contribution in [0.25, 0.3) is 0 Å². The molecule has 3 aromatic carbocycles. The molecule has 3 aromatic rings. The summed E-state index contributed by atoms with van der Waals surface area (Å²) in [5.74, 6) is 0. The van der Waals surface area contributed by atoms with E-state index in [1.165, 1.54) is 0 Å². The van der Waals surface area contributed by atoms with E-state index in [0.29, 0.717) is 0 Å². The van der Waals surface area contributed by atoms with Gasteiger partial charge in [0, 0.05) is 11.4 Å². The van der Waals surface area contributed by atoms with Crippen molar-refractivity contribution in [3.63, 3.8) is 0 Å². The maximum absolute atomic E-state index is 5.92. The van der Waals surface area contributed by atoms with E-state index in [1.54, 1.807) is 0 Å². The van der Waals surface area contributed by atoms with Crippen molar-refractivity contribution in [1.82, 2.24) is 21.3 Å². The molecule has 0 aliphatic rings. The molecule has 3 rings (SSSR count). The van der Waals surface area contributed by atoms with Gasteiger partial charge in [0.25, 0.3) is 0 Å². The molecule has 0 aliphatic carbocycles. The zero-order valence-corrected chi connectivity index (χ0v) is 18.1. The Morgan fingerprint density at radius 3 is 1.13 bits per heavy atom. The van der Waals surface area contributed by atoms with E-state index < -0.39 is 11.3 Å². The molecule has 8 N–H and O–H groups in total. The van der Waals surface area contributed by atoms with Gasteiger partial charge in [0.15, 0.2) is 0 Å². The topological polar surface area (TPSA) is 100 Å². The molecule has 0 bridgehead atoms. The molecule has 6 heteroatoms. The van der Waals surface area contributed by atoms with Gasteiger partial charge in [-0.1, -0.05) is 42.5 Å². The highest BCUT2D eigenvalue weighted by Crippen LogP contribution is 2.32. The van der Waals surface area contributed by atoms with E-state index in [0.717, 1.165) is 33.6 Å². The molecule has 158 valence electrons. The molecule has 0 atom stereocenters. The lowest BCUT2D eigenvalue weighted by atomic mass is 9.85. The van der Waals surface area contributed by atoms with Crippen LogP contribution in [0.2, 0.25) is 0 Å². The Morgan fingerprint density at radius 1 is 0.500 bits per heavy atom. The van der Waals surface area contributed by atoms with E-state index >= 15 is 0 Å². The van der Waals surface area contributed by atoms with Crippen LogP contribution in [0.5, 0.6) is 0 Å². The Hall–Kier alpha value is -2.90. The third-order valence-electron chi connectivity index (χ3n) is 5.92. The van der Waals surface area contributed by atoms with Crippen LogP contribution in [-0.2, 0) is 11.3 Å². The number of hydrogen-bond acceptors (Lipinski definition) is 6. The van der Waals surface area contributed by atoms with Gasteiger partial charge in [-0.15, -0.1) is 0 Å². The molecule has 0 saturated heterocycles. The minimum atomic E-state index is -0.571. The molecule has 0 fully saturated rings. The summed E-state index contributed by atoms with van der Waals surface area (Å²) in [6.07, 6.45) is 0. The fraction of sp³-hybridized carbons (Fsp3) is 0.250. The molecule has 0 amide bonds. The molecule has 6 nitrogen and oxygen atoms in total. The molecule has 0 unspecified atom stereocenters. The first-order valence-corrected chi connectivity index (χ1v) is 10.0. The summed E-state index contributed by atoms with van der Waals surface area (Å²) in [5, 5.41) is 13.9. The Kier molecular flexibility index (Phi) is 6.43. The van der Waals surface area contributed by atoms with Crippen LogP contribution < -0.4 is 32.7 Å². The minimum Gasteiger partial charge on any atom is -0.399 e. The third-order valence-corrected chi connectivity index (χ3v) is 5.92. The highest BCUT2D eigenvalue weighted by Gasteiger charge is 2.35. The average Bonchev–Trinajstić information content (AvgIpc) is 2.79. The molecular formula is C24H32N6. The number of hydrogen-bond donors (Lipinski definition) is 6. The first-order valence-electron chi connectivity index (χ1n) is 10.0. The maximum Gasteiger partial charge on any atom is 0.121 e. The lowest BCUT2D eigenvalue weighted by Crippen LogP contribution is -2.53. The van der Waals surface area contributed by atoms with Crippen LogP contribution in [0.3, 0.4) is 0 Å². The van der Waals surface area contributed by atoms with E-state index in [2.05, 4.69) is 45.5 Å². The number of nitrogens with two attached hydrogens (primary N) is 2. The first-order chi connectivity index (χ1) is 14.5. The van der Waals surface area contributed by atoms with Crippen LogP contribution in [0.1, 0.15) is 22.3 Å². The van der Waals surface area contributed by atoms with E-state index in [-0.39, 0.29) is 0 Å². The second-order valence-corrected chi connectivity index (χ2v) is 7.32. The Balaban J connectivity index is 2.17. The number of nitrogens with one attached hydrogen (secondary N) is 4. The average molecular weight is 405 g/mol. The molecule has 0 saturated carbocycles. The van der Waals surface area contributed by atoms with Crippen molar-refractivity contribution in [1.29, 1.82) is 0 Å². The van der Waals surface area contributed by atoms with Gasteiger partial charge in [-0.05, 0) is 80.8 Å². The summed E-state index contributed by atoms with van der Waals surface area (Å²) in [7, 11) is 7.79. The van der Waals surface area contributed by atoms with Crippen molar-refractivity contribution in [2.24, 2.45) is 0 Å². The Bertz CT molecular complexity index is 881. The number of anilines is 2. The SMILES string of the molecule is CNC(NC)(c1ccc(N)cc1)c1cccc(C(NC)(NC)c2ccc(N)cc2)c1. The Morgan fingerprint density at radius 2 is 0.833 bits per heavy atom. The van der Waals surface area contributed by atoms with Crippen LogP contribution in [0.15, 0.2) is 72.8 Å². The summed E-state index contributed by atoms with van der Waals surface area (Å²) in [5.41, 5.74) is 16.5. The van der Waals surface area contributed by atoms with Crippen LogP contribution in [0.4, 0.5) is 11.4 Å². The van der Waals surface area contributed by atoms with Crippen LogP contribution in [-0.4, -0.2) is 28.2 Å². The van der Waals surface area contributed by atoms with E-state index in [1.807, 2.05) is 76.7 Å². The quantitative estimate of drug-likeness (QED) is 0.254. The molecule has 0 spiro atoms. The molecular weight excluding hydrogens is 372 g/mol. The van der Waals surface area contributed by atoms with E-state index in [9.17, 15) is 0 Å². The van der Waals surface area contributed by atoms with Crippen molar-refractivity contribution in [3.05, 3.63) is 95.1 Å². The van der Waals surface area contributed by atoms with Crippen LogP contribution in [0, 0.1) is 0 Å². The zero-order chi connectivity index (χ0) is 21.8. The summed E-state index contributed by atoms with van der Waals surface area (Å²) in [4.78, 5) is 0. The highest BCUT2D eigenvalue weighted by atomic mass is 15.2. The number of rotatable bonds is 8. The van der Waals surface area contributed by atoms with Gasteiger partial charge in [0.2, 0.25) is 0 Å². The molecule has 0 heterocycles. The van der Waals surface area contributed by atoms with Gasteiger partial charge in [-0.2, -0.15) is 0 Å². The smallest absolute Gasteiger partial charge is 0.121 e. The summed E-state index contributed by atoms with van der Waals surface area (Å²) in [6, 6.07) is 24.3. The van der Waals surface area contributed by atoms with E-state index in [4.69, 9.17) is 11.5 Å². The predicted molar refractivity (Wildman–Crippen MR) is 126 cm³/mol. The maximum atomic E-state index is 5.92. The van der Waals surface area contributed by atoms with Gasteiger partial charge >= 0.3 is 0 Å². The number of benzene rings is 3. The van der Waals surface area contributed by atoms with Crippen molar-refractivity contribution >= 4 is 11.4 Å². The second kappa shape index (κ2) is 8.85. The van der Waals surface area contributed by atoms with Gasteiger partial charge in [0.1, 0.15) is 11.3 Å². The van der Waals surface area contributed by atoms with Gasteiger partial charge in [0.05, 0.1) is 0 Å². The lowest BCUT2D eigenvalue weighted by Gasteiger charge is -2.38. The summed E-state index contributed by atoms with van der Waals surface area (Å²) < 4.78 is 0. The van der Waals surface area contributed by atoms with Crippen LogP contribution >= 0.6 is 0 Å². The predicted octanol–water partition coefficient (Wildman–Crippen LogP) is 2.13. The van der Waals surface area contributed by atoms with Crippen molar-refractivity contribution in [3.8, 4) is 0 Å². The number of nitrogen functional groups attached to an aromatic ring is 2. The summed E-state index contributed by atoms with van der Waals surface area (Å²) in [6.45, 7) is 0. The summed E-state index contributed by atoms with van der Waals surface area (Å²) >= 11 is 0. The van der Waals surface area contributed by atoms with Crippen molar-refractivity contribution in [2.45, 2.75) is 11.3 Å². The monoisotopic (exact) mass is 404 g/mol. The zero-order valence-electron chi connectivity index (χ0n) is 18.1. The molecule has 0 radical (unpaired) electrons. The highest BCUT2D eigenvalue weighted by molar-refractivity contribution is 5.49. The fourth-order valence-corrected chi connectivity index (χ4v) is 4.19. The normalized spacial score (nSPS) is 12.1. The van der Waals surface area contributed by atoms with Gasteiger partial charge in [-0.3, -0.25) is 21.3 Å². The molecule has 0 aromatic heterocycles. The lowest BCUT2D eigenvalue weighted by molar-refractivity contribution is 0.360. The standard InChI is InChI=1S/C24H32N6/c1-27-23(28-2,17-8-12-21(25)13-9-17)19-6-5-7-20(16-19)24(29-3,30-4)18-10-14-22(26)15-11-18/h5-16,27-30H,25-26H2,1-4H3. The first kappa shape index (κ1) is 21.8. The minimum absolute atomic E-state index is 0.571. The third kappa shape index (κ3) is 3.66. The van der Waals surface area contributed by atoms with Gasteiger partial charge in [-0.25, -0.2) is 0 Å². The largest absolute Gasteiger partial charge is 0.399 e.